The van der Waals surface area contributed by atoms with Gasteiger partial charge in [0.25, 0.3) is 0 Å². The van der Waals surface area contributed by atoms with Gasteiger partial charge < -0.3 is 15.4 Å². The van der Waals surface area contributed by atoms with E-state index in [9.17, 15) is 4.79 Å². The van der Waals surface area contributed by atoms with Crippen LogP contribution in [0.2, 0.25) is 0 Å². The van der Waals surface area contributed by atoms with Crippen molar-refractivity contribution in [2.75, 3.05) is 38.2 Å². The molecule has 2 aromatic rings. The van der Waals surface area contributed by atoms with Crippen LogP contribution in [0, 0.1) is 11.3 Å². The zero-order valence-corrected chi connectivity index (χ0v) is 14.5. The van der Waals surface area contributed by atoms with Crippen molar-refractivity contribution in [1.82, 2.24) is 10.2 Å². The fourth-order valence-corrected chi connectivity index (χ4v) is 2.95. The van der Waals surface area contributed by atoms with Crippen LogP contribution >= 0.6 is 0 Å². The molecule has 0 spiro atoms. The quantitative estimate of drug-likeness (QED) is 0.869. The number of carbonyl (C=O) groups is 1. The van der Waals surface area contributed by atoms with Crippen molar-refractivity contribution in [2.45, 2.75) is 6.04 Å². The van der Waals surface area contributed by atoms with Crippen molar-refractivity contribution >= 4 is 11.7 Å². The van der Waals surface area contributed by atoms with Gasteiger partial charge in [-0.05, 0) is 23.8 Å². The number of nitrogens with one attached hydrogen (secondary N) is 2. The van der Waals surface area contributed by atoms with Crippen LogP contribution in [0.4, 0.5) is 10.5 Å². The Hall–Kier alpha value is -2.88. The summed E-state index contributed by atoms with van der Waals surface area (Å²) >= 11 is 0. The Morgan fingerprint density at radius 3 is 2.65 bits per heavy atom. The second-order valence-corrected chi connectivity index (χ2v) is 6.17. The molecule has 26 heavy (non-hydrogen) atoms. The first kappa shape index (κ1) is 17.9. The summed E-state index contributed by atoms with van der Waals surface area (Å²) in [6.07, 6.45) is 0. The number of carbonyl (C=O) groups excluding carboxylic acids is 1. The monoisotopic (exact) mass is 350 g/mol. The molecule has 0 radical (unpaired) electrons. The van der Waals surface area contributed by atoms with Crippen LogP contribution in [-0.2, 0) is 4.74 Å². The number of nitrogens with zero attached hydrogens (tertiary/aromatic N) is 2. The van der Waals surface area contributed by atoms with Crippen LogP contribution in [0.25, 0.3) is 0 Å². The topological polar surface area (TPSA) is 77.4 Å². The van der Waals surface area contributed by atoms with Crippen LogP contribution in [0.1, 0.15) is 17.2 Å². The number of morpholine rings is 1. The molecular weight excluding hydrogens is 328 g/mol. The van der Waals surface area contributed by atoms with E-state index in [-0.39, 0.29) is 12.1 Å². The lowest BCUT2D eigenvalue weighted by Crippen LogP contribution is -2.44. The van der Waals surface area contributed by atoms with Gasteiger partial charge in [0, 0.05) is 25.3 Å². The normalized spacial score (nSPS) is 15.7. The minimum absolute atomic E-state index is 0.131. The molecule has 6 nitrogen and oxygen atoms in total. The van der Waals surface area contributed by atoms with Crippen molar-refractivity contribution in [3.8, 4) is 6.07 Å². The first-order valence-corrected chi connectivity index (χ1v) is 8.67. The molecule has 6 heteroatoms. The second-order valence-electron chi connectivity index (χ2n) is 6.17. The molecule has 1 aliphatic heterocycles. The molecule has 1 aliphatic rings. The molecule has 1 fully saturated rings. The van der Waals surface area contributed by atoms with E-state index in [1.165, 1.54) is 0 Å². The van der Waals surface area contributed by atoms with Gasteiger partial charge in [-0.25, -0.2) is 4.79 Å². The van der Waals surface area contributed by atoms with E-state index in [0.717, 1.165) is 25.2 Å². The molecule has 134 valence electrons. The number of hydrogen-bond acceptors (Lipinski definition) is 4. The molecule has 2 N–H and O–H groups in total. The molecule has 0 saturated carbocycles. The summed E-state index contributed by atoms with van der Waals surface area (Å²) in [5.41, 5.74) is 2.16. The van der Waals surface area contributed by atoms with Crippen molar-refractivity contribution in [3.63, 3.8) is 0 Å². The molecular formula is C20H22N4O2. The lowest BCUT2D eigenvalue weighted by atomic mass is 10.1. The first-order valence-electron chi connectivity index (χ1n) is 8.67. The number of amides is 2. The minimum atomic E-state index is -0.290. The van der Waals surface area contributed by atoms with Gasteiger partial charge in [0.2, 0.25) is 0 Å². The molecule has 0 aromatic heterocycles. The number of nitriles is 1. The van der Waals surface area contributed by atoms with Crippen LogP contribution in [0.5, 0.6) is 0 Å². The third-order valence-corrected chi connectivity index (χ3v) is 4.30. The highest BCUT2D eigenvalue weighted by molar-refractivity contribution is 5.89. The highest BCUT2D eigenvalue weighted by atomic mass is 16.5. The fourth-order valence-electron chi connectivity index (χ4n) is 2.95. The SMILES string of the molecule is N#Cc1cccc(NC(=O)NC(CN2CCOCC2)c2ccccc2)c1. The van der Waals surface area contributed by atoms with E-state index < -0.39 is 0 Å². The summed E-state index contributed by atoms with van der Waals surface area (Å²) in [7, 11) is 0. The molecule has 0 bridgehead atoms. The zero-order chi connectivity index (χ0) is 18.2. The lowest BCUT2D eigenvalue weighted by Gasteiger charge is -2.31. The van der Waals surface area contributed by atoms with E-state index in [0.29, 0.717) is 24.5 Å². The van der Waals surface area contributed by atoms with Crippen LogP contribution in [0.15, 0.2) is 54.6 Å². The smallest absolute Gasteiger partial charge is 0.319 e. The Labute approximate surface area is 153 Å². The number of ether oxygens (including phenoxy) is 1. The summed E-state index contributed by atoms with van der Waals surface area (Å²) in [5, 5.41) is 14.8. The highest BCUT2D eigenvalue weighted by Gasteiger charge is 2.20. The summed E-state index contributed by atoms with van der Waals surface area (Å²) in [5.74, 6) is 0. The van der Waals surface area contributed by atoms with Gasteiger partial charge in [0.15, 0.2) is 0 Å². The Bertz CT molecular complexity index is 767. The van der Waals surface area contributed by atoms with Gasteiger partial charge in [-0.2, -0.15) is 5.26 Å². The number of benzene rings is 2. The highest BCUT2D eigenvalue weighted by Crippen LogP contribution is 2.16. The number of rotatable bonds is 5. The van der Waals surface area contributed by atoms with Gasteiger partial charge in [-0.1, -0.05) is 36.4 Å². The maximum absolute atomic E-state index is 12.5. The molecule has 1 saturated heterocycles. The van der Waals surface area contributed by atoms with Crippen LogP contribution in [0.3, 0.4) is 0 Å². The van der Waals surface area contributed by atoms with Gasteiger partial charge in [0.1, 0.15) is 0 Å². The first-order chi connectivity index (χ1) is 12.7. The number of hydrogen-bond donors (Lipinski definition) is 2. The second kappa shape index (κ2) is 8.99. The molecule has 3 rings (SSSR count). The van der Waals surface area contributed by atoms with Gasteiger partial charge >= 0.3 is 6.03 Å². The Kier molecular flexibility index (Phi) is 6.20. The van der Waals surface area contributed by atoms with Gasteiger partial charge in [0.05, 0.1) is 30.9 Å². The van der Waals surface area contributed by atoms with Crippen molar-refractivity contribution in [1.29, 1.82) is 5.26 Å². The van der Waals surface area contributed by atoms with Crippen LogP contribution in [-0.4, -0.2) is 43.8 Å². The number of anilines is 1. The Morgan fingerprint density at radius 2 is 1.92 bits per heavy atom. The van der Waals surface area contributed by atoms with Gasteiger partial charge in [-0.3, -0.25) is 4.90 Å². The third-order valence-electron chi connectivity index (χ3n) is 4.30. The predicted octanol–water partition coefficient (Wildman–Crippen LogP) is 2.75. The van der Waals surface area contributed by atoms with E-state index in [2.05, 4.69) is 21.6 Å². The van der Waals surface area contributed by atoms with E-state index in [1.54, 1.807) is 24.3 Å². The van der Waals surface area contributed by atoms with Crippen molar-refractivity contribution < 1.29 is 9.53 Å². The van der Waals surface area contributed by atoms with E-state index in [1.807, 2.05) is 30.3 Å². The molecule has 2 aromatic carbocycles. The van der Waals surface area contributed by atoms with Gasteiger partial charge in [-0.15, -0.1) is 0 Å². The third kappa shape index (κ3) is 5.06. The van der Waals surface area contributed by atoms with E-state index in [4.69, 9.17) is 10.00 Å². The molecule has 0 aliphatic carbocycles. The summed E-state index contributed by atoms with van der Waals surface area (Å²) in [6, 6.07) is 18.4. The zero-order valence-electron chi connectivity index (χ0n) is 14.5. The van der Waals surface area contributed by atoms with E-state index >= 15 is 0 Å². The van der Waals surface area contributed by atoms with Crippen molar-refractivity contribution in [3.05, 3.63) is 65.7 Å². The molecule has 1 heterocycles. The van der Waals surface area contributed by atoms with Crippen molar-refractivity contribution in [2.24, 2.45) is 0 Å². The summed E-state index contributed by atoms with van der Waals surface area (Å²) in [6.45, 7) is 3.87. The average molecular weight is 350 g/mol. The molecule has 2 amide bonds. The fraction of sp³-hybridized carbons (Fsp3) is 0.300. The Morgan fingerprint density at radius 1 is 1.15 bits per heavy atom. The average Bonchev–Trinajstić information content (AvgIpc) is 2.69. The standard InChI is InChI=1S/C20H22N4O2/c21-14-16-5-4-8-18(13-16)22-20(25)23-19(17-6-2-1-3-7-17)15-24-9-11-26-12-10-24/h1-8,13,19H,9-12,15H2,(H2,22,23,25). The maximum atomic E-state index is 12.5. The number of urea groups is 1. The predicted molar refractivity (Wildman–Crippen MR) is 99.8 cm³/mol. The van der Waals surface area contributed by atoms with Crippen LogP contribution < -0.4 is 10.6 Å². The summed E-state index contributed by atoms with van der Waals surface area (Å²) < 4.78 is 5.40. The molecule has 1 unspecified atom stereocenters. The maximum Gasteiger partial charge on any atom is 0.319 e. The lowest BCUT2D eigenvalue weighted by molar-refractivity contribution is 0.0340. The minimum Gasteiger partial charge on any atom is -0.379 e. The Balaban J connectivity index is 1.68. The molecule has 1 atom stereocenters. The summed E-state index contributed by atoms with van der Waals surface area (Å²) in [4.78, 5) is 14.8. The largest absolute Gasteiger partial charge is 0.379 e.